The van der Waals surface area contributed by atoms with E-state index in [0.717, 1.165) is 11.6 Å². The summed E-state index contributed by atoms with van der Waals surface area (Å²) < 4.78 is 59.6. The van der Waals surface area contributed by atoms with E-state index in [-0.39, 0.29) is 42.9 Å². The van der Waals surface area contributed by atoms with Gasteiger partial charge in [-0.15, -0.1) is 5.10 Å². The van der Waals surface area contributed by atoms with E-state index in [9.17, 15) is 22.4 Å². The molecular formula is C20H16F4N4O2. The molecule has 1 N–H and O–H groups in total. The van der Waals surface area contributed by atoms with Gasteiger partial charge in [-0.3, -0.25) is 4.79 Å². The summed E-state index contributed by atoms with van der Waals surface area (Å²) in [7, 11) is 0. The third-order valence-corrected chi connectivity index (χ3v) is 4.82. The topological polar surface area (TPSA) is 69.0 Å². The van der Waals surface area contributed by atoms with Crippen molar-refractivity contribution in [3.05, 3.63) is 82.4 Å². The van der Waals surface area contributed by atoms with Gasteiger partial charge in [0.05, 0.1) is 24.4 Å². The Kier molecular flexibility index (Phi) is 5.25. The molecule has 0 fully saturated rings. The average molecular weight is 420 g/mol. The molecule has 1 aromatic heterocycles. The lowest BCUT2D eigenvalue weighted by atomic mass is 10.1. The van der Waals surface area contributed by atoms with Crippen LogP contribution in [0, 0.1) is 5.82 Å². The molecule has 0 radical (unpaired) electrons. The van der Waals surface area contributed by atoms with Gasteiger partial charge in [0.25, 0.3) is 5.91 Å². The smallest absolute Gasteiger partial charge is 0.365 e. The number of nitrogens with one attached hydrogen (secondary N) is 1. The maximum Gasteiger partial charge on any atom is 0.416 e. The highest BCUT2D eigenvalue weighted by molar-refractivity contribution is 5.93. The minimum absolute atomic E-state index is 0.00274. The number of rotatable bonds is 4. The van der Waals surface area contributed by atoms with Crippen molar-refractivity contribution in [2.24, 2.45) is 0 Å². The van der Waals surface area contributed by atoms with E-state index in [1.165, 1.54) is 35.0 Å². The Hall–Kier alpha value is -3.27. The van der Waals surface area contributed by atoms with E-state index < -0.39 is 17.6 Å². The first-order valence-corrected chi connectivity index (χ1v) is 9.05. The number of benzene rings is 2. The first kappa shape index (κ1) is 20.0. The second kappa shape index (κ2) is 7.86. The van der Waals surface area contributed by atoms with Crippen molar-refractivity contribution in [2.45, 2.75) is 32.0 Å². The molecule has 1 atom stereocenters. The minimum Gasteiger partial charge on any atom is -0.365 e. The third kappa shape index (κ3) is 4.04. The lowest BCUT2D eigenvalue weighted by Gasteiger charge is -2.24. The molecule has 1 amide bonds. The minimum atomic E-state index is -4.51. The highest BCUT2D eigenvalue weighted by Gasteiger charge is 2.33. The SMILES string of the molecule is O=C(NCc1ccccc1C(F)(F)F)c1nnn2c1CO[C@@H](c1ccc(F)cc1)C2. The Morgan fingerprint density at radius 2 is 1.90 bits per heavy atom. The molecule has 3 aromatic rings. The summed E-state index contributed by atoms with van der Waals surface area (Å²) >= 11 is 0. The molecule has 0 unspecified atom stereocenters. The molecule has 0 saturated heterocycles. The van der Waals surface area contributed by atoms with Gasteiger partial charge >= 0.3 is 6.18 Å². The summed E-state index contributed by atoms with van der Waals surface area (Å²) in [6.07, 6.45) is -4.89. The van der Waals surface area contributed by atoms with E-state index in [4.69, 9.17) is 4.74 Å². The van der Waals surface area contributed by atoms with E-state index in [1.54, 1.807) is 12.1 Å². The molecule has 2 heterocycles. The van der Waals surface area contributed by atoms with E-state index in [0.29, 0.717) is 5.69 Å². The summed E-state index contributed by atoms with van der Waals surface area (Å²) in [6.45, 7) is 0.00889. The lowest BCUT2D eigenvalue weighted by Crippen LogP contribution is -2.28. The molecule has 2 aromatic carbocycles. The van der Waals surface area contributed by atoms with Gasteiger partial charge < -0.3 is 10.1 Å². The molecule has 1 aliphatic heterocycles. The second-order valence-electron chi connectivity index (χ2n) is 6.76. The van der Waals surface area contributed by atoms with Crippen LogP contribution in [0.5, 0.6) is 0 Å². The summed E-state index contributed by atoms with van der Waals surface area (Å²) in [5.41, 5.74) is 0.326. The van der Waals surface area contributed by atoms with Crippen LogP contribution in [-0.4, -0.2) is 20.9 Å². The number of hydrogen-bond donors (Lipinski definition) is 1. The fourth-order valence-corrected chi connectivity index (χ4v) is 3.28. The summed E-state index contributed by atoms with van der Waals surface area (Å²) in [6, 6.07) is 10.9. The largest absolute Gasteiger partial charge is 0.416 e. The number of nitrogens with zero attached hydrogens (tertiary/aromatic N) is 3. The zero-order valence-electron chi connectivity index (χ0n) is 15.5. The first-order valence-electron chi connectivity index (χ1n) is 9.05. The number of hydrogen-bond acceptors (Lipinski definition) is 4. The van der Waals surface area contributed by atoms with Crippen LogP contribution in [0.1, 0.15) is 39.0 Å². The highest BCUT2D eigenvalue weighted by Crippen LogP contribution is 2.32. The molecule has 0 saturated carbocycles. The zero-order valence-corrected chi connectivity index (χ0v) is 15.5. The van der Waals surface area contributed by atoms with Crippen LogP contribution in [-0.2, 0) is 30.6 Å². The fourth-order valence-electron chi connectivity index (χ4n) is 3.28. The molecule has 6 nitrogen and oxygen atoms in total. The van der Waals surface area contributed by atoms with E-state index >= 15 is 0 Å². The van der Waals surface area contributed by atoms with Crippen molar-refractivity contribution < 1.29 is 27.1 Å². The quantitative estimate of drug-likeness (QED) is 0.655. The van der Waals surface area contributed by atoms with Gasteiger partial charge in [0.15, 0.2) is 5.69 Å². The summed E-state index contributed by atoms with van der Waals surface area (Å²) in [4.78, 5) is 12.5. The number of carbonyl (C=O) groups excluding carboxylic acids is 1. The Labute approximate surface area is 168 Å². The van der Waals surface area contributed by atoms with Crippen molar-refractivity contribution in [3.63, 3.8) is 0 Å². The number of amides is 1. The van der Waals surface area contributed by atoms with E-state index in [2.05, 4.69) is 15.6 Å². The van der Waals surface area contributed by atoms with Crippen LogP contribution in [0.4, 0.5) is 17.6 Å². The number of carbonyl (C=O) groups is 1. The van der Waals surface area contributed by atoms with E-state index in [1.807, 2.05) is 0 Å². The van der Waals surface area contributed by atoms with Gasteiger partial charge in [-0.25, -0.2) is 9.07 Å². The fraction of sp³-hybridized carbons (Fsp3) is 0.250. The van der Waals surface area contributed by atoms with Crippen LogP contribution < -0.4 is 5.32 Å². The van der Waals surface area contributed by atoms with Gasteiger partial charge in [-0.05, 0) is 29.3 Å². The van der Waals surface area contributed by atoms with Crippen molar-refractivity contribution in [1.29, 1.82) is 0 Å². The molecular weight excluding hydrogens is 404 g/mol. The monoisotopic (exact) mass is 420 g/mol. The highest BCUT2D eigenvalue weighted by atomic mass is 19.4. The maximum atomic E-state index is 13.1. The van der Waals surface area contributed by atoms with Gasteiger partial charge in [-0.1, -0.05) is 35.5 Å². The summed E-state index contributed by atoms with van der Waals surface area (Å²) in [5, 5.41) is 10.3. The lowest BCUT2D eigenvalue weighted by molar-refractivity contribution is -0.138. The third-order valence-electron chi connectivity index (χ3n) is 4.82. The molecule has 1 aliphatic rings. The number of alkyl halides is 3. The number of aromatic nitrogens is 3. The molecule has 4 rings (SSSR count). The van der Waals surface area contributed by atoms with Crippen molar-refractivity contribution in [2.75, 3.05) is 0 Å². The second-order valence-corrected chi connectivity index (χ2v) is 6.76. The Balaban J connectivity index is 1.46. The van der Waals surface area contributed by atoms with Crippen LogP contribution in [0.25, 0.3) is 0 Å². The van der Waals surface area contributed by atoms with Gasteiger partial charge in [-0.2, -0.15) is 13.2 Å². The molecule has 156 valence electrons. The molecule has 10 heteroatoms. The van der Waals surface area contributed by atoms with Crippen LogP contribution in [0.3, 0.4) is 0 Å². The predicted molar refractivity (Wildman–Crippen MR) is 96.6 cm³/mol. The van der Waals surface area contributed by atoms with Gasteiger partial charge in [0.1, 0.15) is 11.9 Å². The number of halogens is 4. The summed E-state index contributed by atoms with van der Waals surface area (Å²) in [5.74, 6) is -1.00. The van der Waals surface area contributed by atoms with Crippen LogP contribution >= 0.6 is 0 Å². The zero-order chi connectivity index (χ0) is 21.3. The van der Waals surface area contributed by atoms with Crippen molar-refractivity contribution >= 4 is 5.91 Å². The Bertz CT molecular complexity index is 1060. The average Bonchev–Trinajstić information content (AvgIpc) is 3.15. The van der Waals surface area contributed by atoms with Crippen molar-refractivity contribution in [1.82, 2.24) is 20.3 Å². The molecule has 30 heavy (non-hydrogen) atoms. The van der Waals surface area contributed by atoms with Crippen LogP contribution in [0.15, 0.2) is 48.5 Å². The number of fused-ring (bicyclic) bond motifs is 1. The van der Waals surface area contributed by atoms with Gasteiger partial charge in [0.2, 0.25) is 0 Å². The molecule has 0 spiro atoms. The van der Waals surface area contributed by atoms with Crippen molar-refractivity contribution in [3.8, 4) is 0 Å². The van der Waals surface area contributed by atoms with Crippen LogP contribution in [0.2, 0.25) is 0 Å². The Morgan fingerprint density at radius 1 is 1.17 bits per heavy atom. The number of ether oxygens (including phenoxy) is 1. The predicted octanol–water partition coefficient (Wildman–Crippen LogP) is 3.64. The maximum absolute atomic E-state index is 13.1. The van der Waals surface area contributed by atoms with Gasteiger partial charge in [0, 0.05) is 6.54 Å². The molecule has 0 bridgehead atoms. The molecule has 0 aliphatic carbocycles. The Morgan fingerprint density at radius 3 is 2.63 bits per heavy atom. The first-order chi connectivity index (χ1) is 14.3. The standard InChI is InChI=1S/C20H16F4N4O2/c21-14-7-5-12(6-8-14)17-10-28-16(11-30-17)18(26-27-28)19(29)25-9-13-3-1-2-4-15(13)20(22,23)24/h1-8,17H,9-11H2,(H,25,29)/t17-/m1/s1. The normalized spacial score (nSPS) is 16.2.